The number of aromatic nitrogens is 2. The average Bonchev–Trinajstić information content (AvgIpc) is 3.46. The van der Waals surface area contributed by atoms with Crippen molar-refractivity contribution < 1.29 is 45.8 Å². The zero-order valence-electron chi connectivity index (χ0n) is 21.2. The standard InChI is InChI=1S/C26H24F6N4O4/c1-14(16-6-8-17(9-7-16)24(39)40-2)33-22(38)20-21(26(30,31)32)34-36-19(13-37)12-35(23(20)36)11-15-4-3-5-18(10-15)25(27,28)29/h3-10,14,19,37H,11-13H2,1-2H3,(H,33,38)/t14-,19?/m0/s1. The Morgan fingerprint density at radius 2 is 1.77 bits per heavy atom. The number of methoxy groups -OCH3 is 1. The van der Waals surface area contributed by atoms with Gasteiger partial charge in [-0.15, -0.1) is 0 Å². The molecule has 2 N–H and O–H groups in total. The van der Waals surface area contributed by atoms with E-state index in [1.54, 1.807) is 0 Å². The van der Waals surface area contributed by atoms with Crippen LogP contribution in [0.4, 0.5) is 32.2 Å². The summed E-state index contributed by atoms with van der Waals surface area (Å²) in [6.07, 6.45) is -9.67. The van der Waals surface area contributed by atoms with Crippen molar-refractivity contribution in [1.82, 2.24) is 15.1 Å². The highest BCUT2D eigenvalue weighted by molar-refractivity contribution is 6.01. The maximum atomic E-state index is 14.0. The van der Waals surface area contributed by atoms with E-state index in [2.05, 4.69) is 15.2 Å². The lowest BCUT2D eigenvalue weighted by atomic mass is 10.1. The molecule has 2 aromatic carbocycles. The summed E-state index contributed by atoms with van der Waals surface area (Å²) in [5, 5.41) is 15.9. The number of halogens is 6. The molecule has 0 aliphatic carbocycles. The molecular formula is C26H24F6N4O4. The van der Waals surface area contributed by atoms with Gasteiger partial charge in [0.15, 0.2) is 5.69 Å². The van der Waals surface area contributed by atoms with Crippen LogP contribution in [-0.2, 0) is 23.6 Å². The summed E-state index contributed by atoms with van der Waals surface area (Å²) in [6.45, 7) is 0.556. The van der Waals surface area contributed by atoms with E-state index in [1.807, 2.05) is 0 Å². The van der Waals surface area contributed by atoms with Crippen LogP contribution in [0.15, 0.2) is 48.5 Å². The molecular weight excluding hydrogens is 546 g/mol. The number of amides is 1. The van der Waals surface area contributed by atoms with Crippen molar-refractivity contribution >= 4 is 17.7 Å². The molecule has 214 valence electrons. The van der Waals surface area contributed by atoms with E-state index in [-0.39, 0.29) is 30.0 Å². The number of carbonyl (C=O) groups excluding carboxylic acids is 2. The van der Waals surface area contributed by atoms with Crippen molar-refractivity contribution in [3.63, 3.8) is 0 Å². The largest absolute Gasteiger partial charge is 0.465 e. The van der Waals surface area contributed by atoms with Crippen LogP contribution in [0.5, 0.6) is 0 Å². The number of alkyl halides is 6. The molecule has 0 saturated carbocycles. The number of benzene rings is 2. The second-order valence-corrected chi connectivity index (χ2v) is 9.21. The summed E-state index contributed by atoms with van der Waals surface area (Å²) in [5.74, 6) is -1.98. The summed E-state index contributed by atoms with van der Waals surface area (Å²) in [6, 6.07) is 8.42. The van der Waals surface area contributed by atoms with Gasteiger partial charge in [-0.2, -0.15) is 31.4 Å². The van der Waals surface area contributed by atoms with Gasteiger partial charge in [0.05, 0.1) is 36.9 Å². The molecule has 1 amide bonds. The molecule has 0 radical (unpaired) electrons. The number of carbonyl (C=O) groups is 2. The number of nitrogens with one attached hydrogen (secondary N) is 1. The van der Waals surface area contributed by atoms with Crippen molar-refractivity contribution in [1.29, 1.82) is 0 Å². The van der Waals surface area contributed by atoms with Crippen LogP contribution in [0.2, 0.25) is 0 Å². The van der Waals surface area contributed by atoms with Gasteiger partial charge in [0.2, 0.25) is 0 Å². The van der Waals surface area contributed by atoms with E-state index in [4.69, 9.17) is 0 Å². The predicted molar refractivity (Wildman–Crippen MR) is 130 cm³/mol. The van der Waals surface area contributed by atoms with E-state index < -0.39 is 59.7 Å². The fourth-order valence-corrected chi connectivity index (χ4v) is 4.53. The molecule has 40 heavy (non-hydrogen) atoms. The highest BCUT2D eigenvalue weighted by Gasteiger charge is 2.46. The zero-order valence-corrected chi connectivity index (χ0v) is 21.2. The first-order valence-corrected chi connectivity index (χ1v) is 11.9. The Morgan fingerprint density at radius 1 is 1.10 bits per heavy atom. The third-order valence-corrected chi connectivity index (χ3v) is 6.48. The molecule has 2 atom stereocenters. The monoisotopic (exact) mass is 570 g/mol. The third kappa shape index (κ3) is 5.76. The molecule has 0 saturated heterocycles. The normalized spacial score (nSPS) is 16.0. The van der Waals surface area contributed by atoms with Gasteiger partial charge in [-0.3, -0.25) is 4.79 Å². The van der Waals surface area contributed by atoms with Crippen molar-refractivity contribution in [3.8, 4) is 0 Å². The minimum atomic E-state index is -5.04. The van der Waals surface area contributed by atoms with Crippen LogP contribution in [0.3, 0.4) is 0 Å². The number of hydrogen-bond acceptors (Lipinski definition) is 6. The van der Waals surface area contributed by atoms with Crippen molar-refractivity contribution in [2.24, 2.45) is 0 Å². The van der Waals surface area contributed by atoms with Crippen molar-refractivity contribution in [3.05, 3.63) is 82.0 Å². The predicted octanol–water partition coefficient (Wildman–Crippen LogP) is 4.75. The van der Waals surface area contributed by atoms with Gasteiger partial charge < -0.3 is 20.1 Å². The maximum absolute atomic E-state index is 14.0. The second-order valence-electron chi connectivity index (χ2n) is 9.21. The Morgan fingerprint density at radius 3 is 2.35 bits per heavy atom. The SMILES string of the molecule is COC(=O)c1ccc([C@H](C)NC(=O)c2c(C(F)(F)F)nn3c2N(Cc2cccc(C(F)(F)F)c2)CC3CO)cc1. The molecule has 1 aliphatic rings. The molecule has 14 heteroatoms. The molecule has 0 bridgehead atoms. The van der Waals surface area contributed by atoms with Gasteiger partial charge in [-0.1, -0.05) is 24.3 Å². The lowest BCUT2D eigenvalue weighted by Crippen LogP contribution is -2.31. The first kappa shape index (κ1) is 28.9. The maximum Gasteiger partial charge on any atom is 0.436 e. The molecule has 3 aromatic rings. The summed E-state index contributed by atoms with van der Waals surface area (Å²) in [4.78, 5) is 26.3. The molecule has 0 fully saturated rings. The number of rotatable bonds is 7. The van der Waals surface area contributed by atoms with E-state index in [1.165, 1.54) is 55.3 Å². The number of hydrogen-bond donors (Lipinski definition) is 2. The lowest BCUT2D eigenvalue weighted by molar-refractivity contribution is -0.142. The fraction of sp³-hybridized carbons (Fsp3) is 0.346. The summed E-state index contributed by atoms with van der Waals surface area (Å²) >= 11 is 0. The zero-order chi connectivity index (χ0) is 29.4. The van der Waals surface area contributed by atoms with Crippen LogP contribution >= 0.6 is 0 Å². The topological polar surface area (TPSA) is 96.7 Å². The molecule has 0 spiro atoms. The van der Waals surface area contributed by atoms with Crippen LogP contribution in [0, 0.1) is 0 Å². The number of ether oxygens (including phenoxy) is 1. The van der Waals surface area contributed by atoms with Crippen molar-refractivity contribution in [2.45, 2.75) is 37.9 Å². The van der Waals surface area contributed by atoms with Gasteiger partial charge in [0.25, 0.3) is 5.91 Å². The number of nitrogens with zero attached hydrogens (tertiary/aromatic N) is 3. The molecule has 1 unspecified atom stereocenters. The molecule has 8 nitrogen and oxygen atoms in total. The molecule has 1 aromatic heterocycles. The average molecular weight is 570 g/mol. The second kappa shape index (κ2) is 10.8. The third-order valence-electron chi connectivity index (χ3n) is 6.48. The molecule has 2 heterocycles. The number of aliphatic hydroxyl groups is 1. The highest BCUT2D eigenvalue weighted by Crippen LogP contribution is 2.41. The first-order chi connectivity index (χ1) is 18.7. The van der Waals surface area contributed by atoms with E-state index >= 15 is 0 Å². The fourth-order valence-electron chi connectivity index (χ4n) is 4.53. The summed E-state index contributed by atoms with van der Waals surface area (Å²) < 4.78 is 87.3. The Bertz CT molecular complexity index is 1400. The summed E-state index contributed by atoms with van der Waals surface area (Å²) in [5.41, 5.74) is -2.38. The number of fused-ring (bicyclic) bond motifs is 1. The van der Waals surface area contributed by atoms with Crippen LogP contribution in [0.25, 0.3) is 0 Å². The van der Waals surface area contributed by atoms with Crippen LogP contribution < -0.4 is 10.2 Å². The number of aliphatic hydroxyl groups excluding tert-OH is 1. The Hall–Kier alpha value is -4.07. The van der Waals surface area contributed by atoms with Gasteiger partial charge >= 0.3 is 18.3 Å². The molecule has 4 rings (SSSR count). The number of esters is 1. The van der Waals surface area contributed by atoms with Gasteiger partial charge in [0, 0.05) is 13.1 Å². The van der Waals surface area contributed by atoms with E-state index in [0.717, 1.165) is 16.8 Å². The molecule has 1 aliphatic heterocycles. The quantitative estimate of drug-likeness (QED) is 0.315. The van der Waals surface area contributed by atoms with Crippen LogP contribution in [0.1, 0.15) is 62.1 Å². The summed E-state index contributed by atoms with van der Waals surface area (Å²) in [7, 11) is 1.21. The minimum Gasteiger partial charge on any atom is -0.465 e. The Balaban J connectivity index is 1.69. The highest BCUT2D eigenvalue weighted by atomic mass is 19.4. The van der Waals surface area contributed by atoms with Crippen molar-refractivity contribution in [2.75, 3.05) is 25.2 Å². The van der Waals surface area contributed by atoms with Crippen LogP contribution in [-0.4, -0.2) is 47.0 Å². The van der Waals surface area contributed by atoms with Gasteiger partial charge in [-0.05, 0) is 42.3 Å². The van der Waals surface area contributed by atoms with E-state index in [0.29, 0.717) is 5.56 Å². The first-order valence-electron chi connectivity index (χ1n) is 11.9. The lowest BCUT2D eigenvalue weighted by Gasteiger charge is -2.22. The van der Waals surface area contributed by atoms with Gasteiger partial charge in [0.1, 0.15) is 11.4 Å². The van der Waals surface area contributed by atoms with E-state index in [9.17, 15) is 41.0 Å². The Kier molecular flexibility index (Phi) is 7.83. The van der Waals surface area contributed by atoms with Gasteiger partial charge in [-0.25, -0.2) is 9.48 Å². The smallest absolute Gasteiger partial charge is 0.436 e. The number of anilines is 1. The Labute approximate surface area is 224 Å². The minimum absolute atomic E-state index is 0.0853.